The van der Waals surface area contributed by atoms with Crippen LogP contribution in [0.1, 0.15) is 18.4 Å². The van der Waals surface area contributed by atoms with E-state index >= 15 is 0 Å². The molecule has 2 aromatic rings. The van der Waals surface area contributed by atoms with Gasteiger partial charge in [0.25, 0.3) is 0 Å². The SMILES string of the molecule is CCc1oc(CN)c2ccccc12. The predicted molar refractivity (Wildman–Crippen MR) is 53.5 cm³/mol. The molecule has 0 aliphatic rings. The van der Waals surface area contributed by atoms with E-state index in [9.17, 15) is 0 Å². The van der Waals surface area contributed by atoms with E-state index in [2.05, 4.69) is 19.1 Å². The van der Waals surface area contributed by atoms with Gasteiger partial charge < -0.3 is 10.2 Å². The third kappa shape index (κ3) is 1.23. The molecule has 0 saturated heterocycles. The first-order valence-corrected chi connectivity index (χ1v) is 4.56. The number of aryl methyl sites for hydroxylation is 1. The highest BCUT2D eigenvalue weighted by Gasteiger charge is 2.08. The molecule has 2 heteroatoms. The third-order valence-corrected chi connectivity index (χ3v) is 2.28. The Bertz CT molecular complexity index is 379. The summed E-state index contributed by atoms with van der Waals surface area (Å²) in [5.41, 5.74) is 5.59. The average Bonchev–Trinajstić information content (AvgIpc) is 2.56. The normalized spacial score (nSPS) is 10.9. The first-order chi connectivity index (χ1) is 6.36. The first-order valence-electron chi connectivity index (χ1n) is 4.56. The lowest BCUT2D eigenvalue weighted by Crippen LogP contribution is -1.93. The van der Waals surface area contributed by atoms with Gasteiger partial charge in [-0.25, -0.2) is 0 Å². The number of nitrogens with two attached hydrogens (primary N) is 1. The first kappa shape index (κ1) is 8.32. The predicted octanol–water partition coefficient (Wildman–Crippen LogP) is 2.45. The summed E-state index contributed by atoms with van der Waals surface area (Å²) >= 11 is 0. The van der Waals surface area contributed by atoms with Crippen molar-refractivity contribution in [3.05, 3.63) is 35.8 Å². The van der Waals surface area contributed by atoms with Gasteiger partial charge in [-0.05, 0) is 0 Å². The Morgan fingerprint density at radius 1 is 1.15 bits per heavy atom. The number of rotatable bonds is 2. The van der Waals surface area contributed by atoms with Crippen LogP contribution >= 0.6 is 0 Å². The molecule has 0 aliphatic heterocycles. The molecule has 0 saturated carbocycles. The average molecular weight is 175 g/mol. The van der Waals surface area contributed by atoms with Gasteiger partial charge in [-0.15, -0.1) is 0 Å². The second-order valence-corrected chi connectivity index (χ2v) is 3.05. The summed E-state index contributed by atoms with van der Waals surface area (Å²) in [6.45, 7) is 2.56. The summed E-state index contributed by atoms with van der Waals surface area (Å²) in [7, 11) is 0. The van der Waals surface area contributed by atoms with Crippen molar-refractivity contribution in [2.45, 2.75) is 19.9 Å². The van der Waals surface area contributed by atoms with Crippen LogP contribution in [0.3, 0.4) is 0 Å². The van der Waals surface area contributed by atoms with E-state index in [1.807, 2.05) is 12.1 Å². The molecule has 0 unspecified atom stereocenters. The molecule has 0 fully saturated rings. The zero-order valence-corrected chi connectivity index (χ0v) is 7.71. The lowest BCUT2D eigenvalue weighted by atomic mass is 10.1. The van der Waals surface area contributed by atoms with Gasteiger partial charge >= 0.3 is 0 Å². The van der Waals surface area contributed by atoms with E-state index < -0.39 is 0 Å². The molecule has 1 heterocycles. The molecular weight excluding hydrogens is 162 g/mol. The summed E-state index contributed by atoms with van der Waals surface area (Å²) in [4.78, 5) is 0. The fourth-order valence-corrected chi connectivity index (χ4v) is 1.64. The van der Waals surface area contributed by atoms with Crippen molar-refractivity contribution in [1.82, 2.24) is 0 Å². The van der Waals surface area contributed by atoms with Crippen LogP contribution in [0, 0.1) is 0 Å². The maximum Gasteiger partial charge on any atom is 0.125 e. The Kier molecular flexibility index (Phi) is 2.07. The number of hydrogen-bond acceptors (Lipinski definition) is 2. The number of furan rings is 1. The Morgan fingerprint density at radius 2 is 1.77 bits per heavy atom. The molecule has 13 heavy (non-hydrogen) atoms. The Balaban J connectivity index is 2.74. The van der Waals surface area contributed by atoms with Crippen LogP contribution < -0.4 is 5.73 Å². The van der Waals surface area contributed by atoms with Crippen LogP contribution in [0.2, 0.25) is 0 Å². The van der Waals surface area contributed by atoms with Gasteiger partial charge in [0.2, 0.25) is 0 Å². The molecule has 0 aliphatic carbocycles. The van der Waals surface area contributed by atoms with Gasteiger partial charge in [-0.3, -0.25) is 0 Å². The summed E-state index contributed by atoms with van der Waals surface area (Å²) in [5.74, 6) is 1.93. The Morgan fingerprint density at radius 3 is 2.31 bits per heavy atom. The molecule has 0 radical (unpaired) electrons. The number of benzene rings is 1. The number of hydrogen-bond donors (Lipinski definition) is 1. The molecule has 0 bridgehead atoms. The van der Waals surface area contributed by atoms with Gasteiger partial charge in [0.15, 0.2) is 0 Å². The monoisotopic (exact) mass is 175 g/mol. The maximum absolute atomic E-state index is 5.64. The quantitative estimate of drug-likeness (QED) is 0.761. The number of fused-ring (bicyclic) bond motifs is 1. The molecule has 0 amide bonds. The zero-order valence-electron chi connectivity index (χ0n) is 7.71. The van der Waals surface area contributed by atoms with Crippen LogP contribution in [0.25, 0.3) is 10.8 Å². The Hall–Kier alpha value is -1.28. The minimum atomic E-state index is 0.473. The van der Waals surface area contributed by atoms with E-state index in [0.29, 0.717) is 6.54 Å². The van der Waals surface area contributed by atoms with E-state index in [-0.39, 0.29) is 0 Å². The van der Waals surface area contributed by atoms with Crippen LogP contribution in [0.5, 0.6) is 0 Å². The molecular formula is C11H13NO. The van der Waals surface area contributed by atoms with Gasteiger partial charge in [-0.1, -0.05) is 31.2 Å². The fourth-order valence-electron chi connectivity index (χ4n) is 1.64. The molecule has 1 aromatic carbocycles. The van der Waals surface area contributed by atoms with Crippen LogP contribution in [0.4, 0.5) is 0 Å². The van der Waals surface area contributed by atoms with E-state index in [4.69, 9.17) is 10.2 Å². The summed E-state index contributed by atoms with van der Waals surface area (Å²) in [6, 6.07) is 8.17. The molecule has 0 atom stereocenters. The standard InChI is InChI=1S/C11H13NO/c1-2-10-8-5-3-4-6-9(8)11(7-12)13-10/h3-6H,2,7,12H2,1H3. The van der Waals surface area contributed by atoms with E-state index in [1.54, 1.807) is 0 Å². The van der Waals surface area contributed by atoms with Crippen molar-refractivity contribution in [3.8, 4) is 0 Å². The van der Waals surface area contributed by atoms with Gasteiger partial charge in [0.1, 0.15) is 11.5 Å². The van der Waals surface area contributed by atoms with E-state index in [1.165, 1.54) is 5.39 Å². The smallest absolute Gasteiger partial charge is 0.125 e. The molecule has 68 valence electrons. The maximum atomic E-state index is 5.64. The largest absolute Gasteiger partial charge is 0.463 e. The van der Waals surface area contributed by atoms with E-state index in [0.717, 1.165) is 23.3 Å². The molecule has 2 N–H and O–H groups in total. The highest BCUT2D eigenvalue weighted by molar-refractivity contribution is 5.86. The van der Waals surface area contributed by atoms with Crippen molar-refractivity contribution in [1.29, 1.82) is 0 Å². The lowest BCUT2D eigenvalue weighted by Gasteiger charge is -1.89. The second kappa shape index (κ2) is 3.23. The fraction of sp³-hybridized carbons (Fsp3) is 0.273. The Labute approximate surface area is 77.3 Å². The zero-order chi connectivity index (χ0) is 9.26. The van der Waals surface area contributed by atoms with Crippen LogP contribution in [0.15, 0.2) is 28.7 Å². The van der Waals surface area contributed by atoms with Crippen LogP contribution in [-0.2, 0) is 13.0 Å². The minimum absolute atomic E-state index is 0.473. The summed E-state index contributed by atoms with van der Waals surface area (Å²) in [6.07, 6.45) is 0.917. The van der Waals surface area contributed by atoms with Gasteiger partial charge in [0, 0.05) is 17.2 Å². The van der Waals surface area contributed by atoms with Crippen LogP contribution in [-0.4, -0.2) is 0 Å². The molecule has 2 rings (SSSR count). The summed E-state index contributed by atoms with van der Waals surface area (Å²) < 4.78 is 5.64. The highest BCUT2D eigenvalue weighted by Crippen LogP contribution is 2.25. The highest BCUT2D eigenvalue weighted by atomic mass is 16.3. The molecule has 1 aromatic heterocycles. The van der Waals surface area contributed by atoms with Gasteiger partial charge in [0.05, 0.1) is 6.54 Å². The second-order valence-electron chi connectivity index (χ2n) is 3.05. The lowest BCUT2D eigenvalue weighted by molar-refractivity contribution is 0.477. The van der Waals surface area contributed by atoms with Crippen molar-refractivity contribution >= 4 is 10.8 Å². The van der Waals surface area contributed by atoms with Crippen molar-refractivity contribution < 1.29 is 4.42 Å². The molecule has 0 spiro atoms. The third-order valence-electron chi connectivity index (χ3n) is 2.28. The minimum Gasteiger partial charge on any atom is -0.463 e. The summed E-state index contributed by atoms with van der Waals surface area (Å²) in [5, 5.41) is 2.35. The molecule has 2 nitrogen and oxygen atoms in total. The van der Waals surface area contributed by atoms with Crippen molar-refractivity contribution in [3.63, 3.8) is 0 Å². The topological polar surface area (TPSA) is 39.2 Å². The van der Waals surface area contributed by atoms with Crippen molar-refractivity contribution in [2.24, 2.45) is 5.73 Å². The van der Waals surface area contributed by atoms with Crippen molar-refractivity contribution in [2.75, 3.05) is 0 Å². The van der Waals surface area contributed by atoms with Gasteiger partial charge in [-0.2, -0.15) is 0 Å².